The van der Waals surface area contributed by atoms with Gasteiger partial charge in [0.1, 0.15) is 0 Å². The molecule has 1 aromatic carbocycles. The van der Waals surface area contributed by atoms with E-state index in [2.05, 4.69) is 6.92 Å². The molecule has 2 atom stereocenters. The molecular formula is C14H19ClO2. The highest BCUT2D eigenvalue weighted by Crippen LogP contribution is 2.22. The van der Waals surface area contributed by atoms with Gasteiger partial charge in [-0.2, -0.15) is 0 Å². The second kappa shape index (κ2) is 6.39. The predicted octanol–water partition coefficient (Wildman–Crippen LogP) is 3.81. The molecule has 1 aliphatic heterocycles. The molecule has 2 rings (SSSR count). The maximum atomic E-state index is 6.10. The Hall–Kier alpha value is -0.570. The maximum absolute atomic E-state index is 6.10. The average Bonchev–Trinajstić information content (AvgIpc) is 2.86. The van der Waals surface area contributed by atoms with Crippen molar-refractivity contribution in [2.45, 2.75) is 45.0 Å². The molecule has 0 N–H and O–H groups in total. The number of benzene rings is 1. The van der Waals surface area contributed by atoms with Crippen LogP contribution in [0.15, 0.2) is 24.3 Å². The molecule has 94 valence electrons. The molecule has 0 aromatic heterocycles. The second-order valence-corrected chi connectivity index (χ2v) is 4.81. The first-order valence-corrected chi connectivity index (χ1v) is 6.65. The van der Waals surface area contributed by atoms with Gasteiger partial charge >= 0.3 is 0 Å². The van der Waals surface area contributed by atoms with E-state index in [0.29, 0.717) is 6.61 Å². The molecule has 0 spiro atoms. The van der Waals surface area contributed by atoms with Crippen LogP contribution in [0.5, 0.6) is 0 Å². The average molecular weight is 255 g/mol. The van der Waals surface area contributed by atoms with Crippen molar-refractivity contribution in [3.8, 4) is 0 Å². The molecule has 2 unspecified atom stereocenters. The molecule has 1 heterocycles. The van der Waals surface area contributed by atoms with Gasteiger partial charge in [-0.25, -0.2) is 0 Å². The molecule has 2 nitrogen and oxygen atoms in total. The largest absolute Gasteiger partial charge is 0.376 e. The van der Waals surface area contributed by atoms with Crippen LogP contribution < -0.4 is 0 Å². The molecule has 1 saturated heterocycles. The lowest BCUT2D eigenvalue weighted by Crippen LogP contribution is -2.27. The Morgan fingerprint density at radius 2 is 2.29 bits per heavy atom. The van der Waals surface area contributed by atoms with Gasteiger partial charge in [-0.1, -0.05) is 36.7 Å². The molecule has 0 bridgehead atoms. The Morgan fingerprint density at radius 1 is 1.47 bits per heavy atom. The fraction of sp³-hybridized carbons (Fsp3) is 0.571. The minimum absolute atomic E-state index is 0.189. The molecule has 1 aliphatic rings. The number of halogens is 1. The SMILES string of the molecule is CCC(OCc1ccccc1Cl)C1CCCO1. The van der Waals surface area contributed by atoms with Crippen LogP contribution in [-0.4, -0.2) is 18.8 Å². The van der Waals surface area contributed by atoms with Crippen molar-refractivity contribution < 1.29 is 9.47 Å². The van der Waals surface area contributed by atoms with Gasteiger partial charge in [0.15, 0.2) is 0 Å². The van der Waals surface area contributed by atoms with E-state index in [1.54, 1.807) is 0 Å². The van der Waals surface area contributed by atoms with Crippen molar-refractivity contribution >= 4 is 11.6 Å². The predicted molar refractivity (Wildman–Crippen MR) is 69.3 cm³/mol. The molecule has 3 heteroatoms. The summed E-state index contributed by atoms with van der Waals surface area (Å²) in [5, 5.41) is 0.773. The Kier molecular flexibility index (Phi) is 4.84. The van der Waals surface area contributed by atoms with Crippen molar-refractivity contribution in [2.75, 3.05) is 6.61 Å². The smallest absolute Gasteiger partial charge is 0.0838 e. The molecule has 0 saturated carbocycles. The molecular weight excluding hydrogens is 236 g/mol. The summed E-state index contributed by atoms with van der Waals surface area (Å²) in [5.74, 6) is 0. The van der Waals surface area contributed by atoms with Crippen LogP contribution in [0.3, 0.4) is 0 Å². The van der Waals surface area contributed by atoms with Crippen LogP contribution in [-0.2, 0) is 16.1 Å². The first-order chi connectivity index (χ1) is 8.31. The highest BCUT2D eigenvalue weighted by Gasteiger charge is 2.25. The van der Waals surface area contributed by atoms with E-state index >= 15 is 0 Å². The number of ether oxygens (including phenoxy) is 2. The number of hydrogen-bond acceptors (Lipinski definition) is 2. The van der Waals surface area contributed by atoms with Gasteiger partial charge < -0.3 is 9.47 Å². The third-order valence-corrected chi connectivity index (χ3v) is 3.56. The minimum atomic E-state index is 0.189. The van der Waals surface area contributed by atoms with E-state index in [0.717, 1.165) is 36.5 Å². The van der Waals surface area contributed by atoms with Gasteiger partial charge in [-0.15, -0.1) is 0 Å². The fourth-order valence-electron chi connectivity index (χ4n) is 2.20. The zero-order valence-electron chi connectivity index (χ0n) is 10.2. The summed E-state index contributed by atoms with van der Waals surface area (Å²) in [7, 11) is 0. The van der Waals surface area contributed by atoms with Crippen LogP contribution in [0.1, 0.15) is 31.7 Å². The van der Waals surface area contributed by atoms with Crippen LogP contribution >= 0.6 is 11.6 Å². The Balaban J connectivity index is 1.89. The van der Waals surface area contributed by atoms with Crippen molar-refractivity contribution in [3.05, 3.63) is 34.9 Å². The second-order valence-electron chi connectivity index (χ2n) is 4.40. The Morgan fingerprint density at radius 3 is 2.94 bits per heavy atom. The van der Waals surface area contributed by atoms with Crippen molar-refractivity contribution in [1.29, 1.82) is 0 Å². The van der Waals surface area contributed by atoms with E-state index in [1.807, 2.05) is 24.3 Å². The topological polar surface area (TPSA) is 18.5 Å². The molecule has 0 amide bonds. The van der Waals surface area contributed by atoms with Gasteiger partial charge in [0.05, 0.1) is 18.8 Å². The van der Waals surface area contributed by atoms with Crippen LogP contribution in [0.2, 0.25) is 5.02 Å². The normalized spacial score (nSPS) is 21.6. The molecule has 1 fully saturated rings. The van der Waals surface area contributed by atoms with Gasteiger partial charge in [0, 0.05) is 11.6 Å². The van der Waals surface area contributed by atoms with Crippen molar-refractivity contribution in [2.24, 2.45) is 0 Å². The highest BCUT2D eigenvalue weighted by molar-refractivity contribution is 6.31. The maximum Gasteiger partial charge on any atom is 0.0838 e. The summed E-state index contributed by atoms with van der Waals surface area (Å²) in [6, 6.07) is 7.82. The van der Waals surface area contributed by atoms with Crippen LogP contribution in [0.25, 0.3) is 0 Å². The summed E-state index contributed by atoms with van der Waals surface area (Å²) >= 11 is 6.10. The third-order valence-electron chi connectivity index (χ3n) is 3.19. The Bertz CT molecular complexity index is 348. The van der Waals surface area contributed by atoms with Gasteiger partial charge in [0.2, 0.25) is 0 Å². The quantitative estimate of drug-likeness (QED) is 0.796. The summed E-state index contributed by atoms with van der Waals surface area (Å²) in [5.41, 5.74) is 1.05. The zero-order chi connectivity index (χ0) is 12.1. The van der Waals surface area contributed by atoms with Gasteiger partial charge in [0.25, 0.3) is 0 Å². The summed E-state index contributed by atoms with van der Waals surface area (Å²) in [6.45, 7) is 3.58. The number of rotatable bonds is 5. The lowest BCUT2D eigenvalue weighted by Gasteiger charge is -2.22. The van der Waals surface area contributed by atoms with E-state index in [4.69, 9.17) is 21.1 Å². The van der Waals surface area contributed by atoms with Crippen LogP contribution in [0.4, 0.5) is 0 Å². The summed E-state index contributed by atoms with van der Waals surface area (Å²) in [4.78, 5) is 0. The first kappa shape index (κ1) is 12.9. The molecule has 17 heavy (non-hydrogen) atoms. The van der Waals surface area contributed by atoms with Crippen LogP contribution in [0, 0.1) is 0 Å². The highest BCUT2D eigenvalue weighted by atomic mass is 35.5. The standard InChI is InChI=1S/C14H19ClO2/c1-2-13(14-8-5-9-16-14)17-10-11-6-3-4-7-12(11)15/h3-4,6-7,13-14H,2,5,8-10H2,1H3. The van der Waals surface area contributed by atoms with E-state index < -0.39 is 0 Å². The lowest BCUT2D eigenvalue weighted by molar-refractivity contribution is -0.0572. The van der Waals surface area contributed by atoms with E-state index in [1.165, 1.54) is 0 Å². The monoisotopic (exact) mass is 254 g/mol. The van der Waals surface area contributed by atoms with Crippen molar-refractivity contribution in [1.82, 2.24) is 0 Å². The third kappa shape index (κ3) is 3.44. The van der Waals surface area contributed by atoms with Crippen molar-refractivity contribution in [3.63, 3.8) is 0 Å². The fourth-order valence-corrected chi connectivity index (χ4v) is 2.39. The first-order valence-electron chi connectivity index (χ1n) is 6.28. The Labute approximate surface area is 108 Å². The van der Waals surface area contributed by atoms with E-state index in [9.17, 15) is 0 Å². The molecule has 0 radical (unpaired) electrons. The van der Waals surface area contributed by atoms with Gasteiger partial charge in [-0.05, 0) is 30.9 Å². The van der Waals surface area contributed by atoms with E-state index in [-0.39, 0.29) is 12.2 Å². The number of hydrogen-bond donors (Lipinski definition) is 0. The van der Waals surface area contributed by atoms with Gasteiger partial charge in [-0.3, -0.25) is 0 Å². The lowest BCUT2D eigenvalue weighted by atomic mass is 10.1. The molecule has 0 aliphatic carbocycles. The minimum Gasteiger partial charge on any atom is -0.376 e. The molecule has 1 aromatic rings. The summed E-state index contributed by atoms with van der Waals surface area (Å²) in [6.07, 6.45) is 3.70. The summed E-state index contributed by atoms with van der Waals surface area (Å²) < 4.78 is 11.6. The zero-order valence-corrected chi connectivity index (χ0v) is 11.0.